The molecule has 0 radical (unpaired) electrons. The van der Waals surface area contributed by atoms with Gasteiger partial charge in [0.15, 0.2) is 0 Å². The summed E-state index contributed by atoms with van der Waals surface area (Å²) in [5.41, 5.74) is 3.11. The van der Waals surface area contributed by atoms with Gasteiger partial charge < -0.3 is 10.6 Å². The summed E-state index contributed by atoms with van der Waals surface area (Å²) < 4.78 is 0. The van der Waals surface area contributed by atoms with Crippen LogP contribution in [0.15, 0.2) is 78.5 Å². The van der Waals surface area contributed by atoms with Crippen molar-refractivity contribution >= 4 is 22.4 Å². The highest BCUT2D eigenvalue weighted by atomic mass is 16.1. The van der Waals surface area contributed by atoms with Crippen LogP contribution in [0.2, 0.25) is 0 Å². The van der Waals surface area contributed by atoms with Crippen molar-refractivity contribution in [2.75, 3.05) is 5.32 Å². The third kappa shape index (κ3) is 4.57. The van der Waals surface area contributed by atoms with E-state index in [1.807, 2.05) is 67.6 Å². The topological polar surface area (TPSA) is 64.9 Å². The van der Waals surface area contributed by atoms with Gasteiger partial charge in [0.2, 0.25) is 0 Å². The van der Waals surface area contributed by atoms with E-state index < -0.39 is 5.91 Å². The van der Waals surface area contributed by atoms with E-state index >= 15 is 0 Å². The second kappa shape index (κ2) is 8.88. The first-order chi connectivity index (χ1) is 13.6. The number of anilines is 1. The lowest BCUT2D eigenvalue weighted by atomic mass is 10.0. The molecule has 3 aromatic carbocycles. The van der Waals surface area contributed by atoms with Crippen molar-refractivity contribution in [1.29, 1.82) is 5.26 Å². The Morgan fingerprint density at radius 2 is 1.79 bits per heavy atom. The molecule has 1 amide bonds. The Labute approximate surface area is 165 Å². The van der Waals surface area contributed by atoms with Crippen molar-refractivity contribution in [2.45, 2.75) is 26.3 Å². The van der Waals surface area contributed by atoms with Gasteiger partial charge in [-0.25, -0.2) is 0 Å². The maximum atomic E-state index is 12.5. The summed E-state index contributed by atoms with van der Waals surface area (Å²) in [7, 11) is 0. The summed E-state index contributed by atoms with van der Waals surface area (Å²) in [5, 5.41) is 17.5. The van der Waals surface area contributed by atoms with Gasteiger partial charge in [-0.3, -0.25) is 4.79 Å². The zero-order valence-electron chi connectivity index (χ0n) is 16.1. The monoisotopic (exact) mass is 369 g/mol. The molecule has 0 spiro atoms. The number of carbonyl (C=O) groups is 1. The largest absolute Gasteiger partial charge is 0.360 e. The van der Waals surface area contributed by atoms with Gasteiger partial charge in [-0.05, 0) is 47.4 Å². The average Bonchev–Trinajstić information content (AvgIpc) is 2.74. The van der Waals surface area contributed by atoms with Crippen molar-refractivity contribution in [3.05, 3.63) is 89.6 Å². The molecule has 3 aromatic rings. The van der Waals surface area contributed by atoms with E-state index in [0.717, 1.165) is 28.4 Å². The summed E-state index contributed by atoms with van der Waals surface area (Å²) in [6.45, 7) is 4.01. The number of nitrogens with one attached hydrogen (secondary N) is 2. The molecule has 4 heteroatoms. The zero-order valence-corrected chi connectivity index (χ0v) is 16.1. The van der Waals surface area contributed by atoms with Gasteiger partial charge in [-0.2, -0.15) is 5.26 Å². The van der Waals surface area contributed by atoms with Gasteiger partial charge in [0.1, 0.15) is 11.6 Å². The lowest BCUT2D eigenvalue weighted by molar-refractivity contribution is -0.117. The maximum absolute atomic E-state index is 12.5. The van der Waals surface area contributed by atoms with Crippen LogP contribution in [0, 0.1) is 11.3 Å². The molecule has 0 aliphatic rings. The Hall–Kier alpha value is -3.58. The Kier molecular flexibility index (Phi) is 6.08. The predicted octanol–water partition coefficient (Wildman–Crippen LogP) is 5.10. The standard InChI is InChI=1S/C24H23N3O/c1-3-18-8-10-19(11-9-18)17(2)27-24(28)22(15-25)16-26-23-13-12-20-6-4-5-7-21(20)14-23/h4-14,16-17,26H,3H2,1-2H3,(H,27,28)/b22-16-. The highest BCUT2D eigenvalue weighted by molar-refractivity contribution is 5.97. The van der Waals surface area contributed by atoms with E-state index in [-0.39, 0.29) is 11.6 Å². The van der Waals surface area contributed by atoms with Crippen molar-refractivity contribution in [3.63, 3.8) is 0 Å². The lowest BCUT2D eigenvalue weighted by Gasteiger charge is -2.14. The minimum Gasteiger partial charge on any atom is -0.360 e. The van der Waals surface area contributed by atoms with Gasteiger partial charge in [0.25, 0.3) is 5.91 Å². The summed E-state index contributed by atoms with van der Waals surface area (Å²) in [6, 6.07) is 23.8. The summed E-state index contributed by atoms with van der Waals surface area (Å²) in [6.07, 6.45) is 2.43. The Morgan fingerprint density at radius 1 is 1.07 bits per heavy atom. The molecule has 3 rings (SSSR count). The first kappa shape index (κ1) is 19.2. The molecule has 0 fully saturated rings. The molecule has 0 bridgehead atoms. The molecule has 0 heterocycles. The van der Waals surface area contributed by atoms with Crippen LogP contribution in [0.25, 0.3) is 10.8 Å². The number of hydrogen-bond acceptors (Lipinski definition) is 3. The zero-order chi connectivity index (χ0) is 19.9. The third-order valence-electron chi connectivity index (χ3n) is 4.73. The van der Waals surface area contributed by atoms with Crippen LogP contribution in [0.4, 0.5) is 5.69 Å². The minimum atomic E-state index is -0.400. The lowest BCUT2D eigenvalue weighted by Crippen LogP contribution is -2.28. The van der Waals surface area contributed by atoms with Gasteiger partial charge in [0.05, 0.1) is 6.04 Å². The molecule has 0 aliphatic heterocycles. The first-order valence-electron chi connectivity index (χ1n) is 9.36. The third-order valence-corrected chi connectivity index (χ3v) is 4.73. The number of rotatable bonds is 6. The highest BCUT2D eigenvalue weighted by Crippen LogP contribution is 2.19. The molecule has 4 nitrogen and oxygen atoms in total. The summed E-state index contributed by atoms with van der Waals surface area (Å²) in [5.74, 6) is -0.400. The average molecular weight is 369 g/mol. The molecule has 0 aliphatic carbocycles. The minimum absolute atomic E-state index is 0.0326. The van der Waals surface area contributed by atoms with Crippen LogP contribution in [0.5, 0.6) is 0 Å². The number of nitrogens with zero attached hydrogens (tertiary/aromatic N) is 1. The van der Waals surface area contributed by atoms with Crippen molar-refractivity contribution in [3.8, 4) is 6.07 Å². The van der Waals surface area contributed by atoms with Crippen LogP contribution in [-0.4, -0.2) is 5.91 Å². The Morgan fingerprint density at radius 3 is 2.46 bits per heavy atom. The molecule has 0 saturated heterocycles. The van der Waals surface area contributed by atoms with E-state index in [1.165, 1.54) is 11.8 Å². The molecule has 1 unspecified atom stereocenters. The van der Waals surface area contributed by atoms with E-state index in [0.29, 0.717) is 0 Å². The second-order valence-corrected chi connectivity index (χ2v) is 6.67. The number of amides is 1. The normalized spacial score (nSPS) is 12.2. The first-order valence-corrected chi connectivity index (χ1v) is 9.36. The fourth-order valence-corrected chi connectivity index (χ4v) is 2.98. The van der Waals surface area contributed by atoms with Crippen molar-refractivity contribution < 1.29 is 4.79 Å². The van der Waals surface area contributed by atoms with Crippen LogP contribution < -0.4 is 10.6 Å². The Bertz CT molecular complexity index is 1050. The smallest absolute Gasteiger partial charge is 0.263 e. The number of benzene rings is 3. The van der Waals surface area contributed by atoms with E-state index in [2.05, 4.69) is 29.7 Å². The van der Waals surface area contributed by atoms with E-state index in [1.54, 1.807) is 0 Å². The van der Waals surface area contributed by atoms with Crippen LogP contribution in [0.1, 0.15) is 31.0 Å². The van der Waals surface area contributed by atoms with Crippen LogP contribution >= 0.6 is 0 Å². The number of aryl methyl sites for hydroxylation is 1. The van der Waals surface area contributed by atoms with Crippen molar-refractivity contribution in [2.24, 2.45) is 0 Å². The van der Waals surface area contributed by atoms with E-state index in [4.69, 9.17) is 0 Å². The predicted molar refractivity (Wildman–Crippen MR) is 114 cm³/mol. The van der Waals surface area contributed by atoms with Gasteiger partial charge >= 0.3 is 0 Å². The second-order valence-electron chi connectivity index (χ2n) is 6.67. The van der Waals surface area contributed by atoms with Crippen LogP contribution in [0.3, 0.4) is 0 Å². The highest BCUT2D eigenvalue weighted by Gasteiger charge is 2.13. The fraction of sp³-hybridized carbons (Fsp3) is 0.167. The molecule has 1 atom stereocenters. The summed E-state index contributed by atoms with van der Waals surface area (Å²) >= 11 is 0. The Balaban J connectivity index is 1.68. The van der Waals surface area contributed by atoms with Gasteiger partial charge in [-0.1, -0.05) is 61.5 Å². The maximum Gasteiger partial charge on any atom is 0.263 e. The molecule has 2 N–H and O–H groups in total. The van der Waals surface area contributed by atoms with Gasteiger partial charge in [0, 0.05) is 11.9 Å². The number of nitriles is 1. The fourth-order valence-electron chi connectivity index (χ4n) is 2.98. The SMILES string of the molecule is CCc1ccc(C(C)NC(=O)/C(C#N)=C\Nc2ccc3ccccc3c2)cc1. The molecule has 28 heavy (non-hydrogen) atoms. The molecule has 0 saturated carbocycles. The summed E-state index contributed by atoms with van der Waals surface area (Å²) in [4.78, 5) is 12.5. The number of hydrogen-bond donors (Lipinski definition) is 2. The molecule has 0 aromatic heterocycles. The van der Waals surface area contributed by atoms with E-state index in [9.17, 15) is 10.1 Å². The van der Waals surface area contributed by atoms with Crippen molar-refractivity contribution in [1.82, 2.24) is 5.32 Å². The molecule has 140 valence electrons. The van der Waals surface area contributed by atoms with Crippen LogP contribution in [-0.2, 0) is 11.2 Å². The number of fused-ring (bicyclic) bond motifs is 1. The number of carbonyl (C=O) groups excluding carboxylic acids is 1. The quantitative estimate of drug-likeness (QED) is 0.469. The molecular weight excluding hydrogens is 346 g/mol. The molecular formula is C24H23N3O. The van der Waals surface area contributed by atoms with Gasteiger partial charge in [-0.15, -0.1) is 0 Å².